The molecule has 0 saturated heterocycles. The summed E-state index contributed by atoms with van der Waals surface area (Å²) in [6, 6.07) is 17.0. The fourth-order valence-electron chi connectivity index (χ4n) is 2.34. The van der Waals surface area contributed by atoms with Gasteiger partial charge < -0.3 is 20.7 Å². The van der Waals surface area contributed by atoms with Crippen LogP contribution in [0.15, 0.2) is 54.6 Å². The number of ether oxygens (including phenoxy) is 1. The predicted molar refractivity (Wildman–Crippen MR) is 102 cm³/mol. The lowest BCUT2D eigenvalue weighted by Crippen LogP contribution is -2.31. The van der Waals surface area contributed by atoms with E-state index in [0.717, 1.165) is 12.1 Å². The molecular weight excluding hydrogens is 330 g/mol. The first-order valence-corrected chi connectivity index (χ1v) is 8.60. The quantitative estimate of drug-likeness (QED) is 0.568. The van der Waals surface area contributed by atoms with E-state index in [9.17, 15) is 9.59 Å². The third kappa shape index (κ3) is 6.94. The number of rotatable bonds is 10. The molecule has 0 atom stereocenters. The van der Waals surface area contributed by atoms with Crippen molar-refractivity contribution < 1.29 is 14.3 Å². The van der Waals surface area contributed by atoms with Gasteiger partial charge in [0.15, 0.2) is 0 Å². The lowest BCUT2D eigenvalue weighted by atomic mass is 10.1. The van der Waals surface area contributed by atoms with Crippen molar-refractivity contribution in [2.75, 3.05) is 38.7 Å². The minimum atomic E-state index is -0.146. The van der Waals surface area contributed by atoms with Gasteiger partial charge >= 0.3 is 0 Å². The van der Waals surface area contributed by atoms with E-state index in [-0.39, 0.29) is 18.4 Å². The largest absolute Gasteiger partial charge is 0.383 e. The molecule has 138 valence electrons. The summed E-state index contributed by atoms with van der Waals surface area (Å²) in [6.45, 7) is 1.74. The molecule has 6 nitrogen and oxygen atoms in total. The maximum atomic E-state index is 11.9. The van der Waals surface area contributed by atoms with Gasteiger partial charge in [0.25, 0.3) is 5.91 Å². The number of anilines is 1. The van der Waals surface area contributed by atoms with Crippen molar-refractivity contribution in [1.29, 1.82) is 0 Å². The van der Waals surface area contributed by atoms with Gasteiger partial charge in [-0.05, 0) is 36.2 Å². The molecule has 0 saturated carbocycles. The molecule has 0 bridgehead atoms. The number of carbonyl (C=O) groups is 2. The summed E-state index contributed by atoms with van der Waals surface area (Å²) in [7, 11) is 1.59. The van der Waals surface area contributed by atoms with Crippen LogP contribution in [0.4, 0.5) is 5.69 Å². The van der Waals surface area contributed by atoms with E-state index in [2.05, 4.69) is 16.0 Å². The molecule has 2 amide bonds. The maximum absolute atomic E-state index is 11.9. The van der Waals surface area contributed by atoms with Gasteiger partial charge in [-0.2, -0.15) is 0 Å². The highest BCUT2D eigenvalue weighted by atomic mass is 16.5. The molecule has 0 aliphatic rings. The summed E-state index contributed by atoms with van der Waals surface area (Å²) in [5.41, 5.74) is 2.55. The van der Waals surface area contributed by atoms with Crippen LogP contribution in [-0.4, -0.2) is 45.2 Å². The Morgan fingerprint density at radius 2 is 1.65 bits per heavy atom. The molecule has 0 aliphatic carbocycles. The summed E-state index contributed by atoms with van der Waals surface area (Å²) in [5, 5.41) is 8.69. The van der Waals surface area contributed by atoms with Crippen molar-refractivity contribution >= 4 is 17.5 Å². The van der Waals surface area contributed by atoms with E-state index < -0.39 is 0 Å². The highest BCUT2D eigenvalue weighted by molar-refractivity contribution is 5.94. The van der Waals surface area contributed by atoms with Gasteiger partial charge in [-0.1, -0.05) is 30.3 Å². The minimum Gasteiger partial charge on any atom is -0.383 e. The zero-order valence-corrected chi connectivity index (χ0v) is 15.0. The second-order valence-corrected chi connectivity index (χ2v) is 5.77. The average molecular weight is 355 g/mol. The number of benzene rings is 2. The highest BCUT2D eigenvalue weighted by Crippen LogP contribution is 2.09. The van der Waals surface area contributed by atoms with Crippen LogP contribution in [0.2, 0.25) is 0 Å². The van der Waals surface area contributed by atoms with Gasteiger partial charge in [0, 0.05) is 31.5 Å². The lowest BCUT2D eigenvalue weighted by molar-refractivity contribution is -0.119. The Balaban J connectivity index is 1.68. The van der Waals surface area contributed by atoms with Crippen LogP contribution in [0.3, 0.4) is 0 Å². The number of hydrogen-bond acceptors (Lipinski definition) is 4. The third-order valence-corrected chi connectivity index (χ3v) is 3.77. The molecule has 0 aromatic heterocycles. The number of hydrogen-bond donors (Lipinski definition) is 3. The summed E-state index contributed by atoms with van der Waals surface area (Å²) in [6.07, 6.45) is 0.805. The molecule has 0 aliphatic heterocycles. The number of carbonyl (C=O) groups excluding carboxylic acids is 2. The minimum absolute atomic E-state index is 0.0673. The van der Waals surface area contributed by atoms with Crippen molar-refractivity contribution in [3.05, 3.63) is 65.7 Å². The monoisotopic (exact) mass is 355 g/mol. The molecule has 2 aromatic carbocycles. The van der Waals surface area contributed by atoms with Crippen molar-refractivity contribution in [2.24, 2.45) is 0 Å². The van der Waals surface area contributed by atoms with E-state index >= 15 is 0 Å². The summed E-state index contributed by atoms with van der Waals surface area (Å²) < 4.78 is 4.89. The molecule has 6 heteroatoms. The molecule has 2 rings (SSSR count). The number of methoxy groups -OCH3 is 1. The Kier molecular flexibility index (Phi) is 8.15. The van der Waals surface area contributed by atoms with Crippen molar-refractivity contribution in [3.8, 4) is 0 Å². The molecule has 0 spiro atoms. The van der Waals surface area contributed by atoms with Gasteiger partial charge in [-0.15, -0.1) is 0 Å². The van der Waals surface area contributed by atoms with Crippen molar-refractivity contribution in [3.63, 3.8) is 0 Å². The fraction of sp³-hybridized carbons (Fsp3) is 0.300. The second-order valence-electron chi connectivity index (χ2n) is 5.77. The average Bonchev–Trinajstić information content (AvgIpc) is 2.68. The Hall–Kier alpha value is -2.86. The summed E-state index contributed by atoms with van der Waals surface area (Å²) in [4.78, 5) is 23.8. The van der Waals surface area contributed by atoms with Crippen LogP contribution < -0.4 is 16.0 Å². The van der Waals surface area contributed by atoms with Gasteiger partial charge in [0.05, 0.1) is 13.2 Å². The Bertz CT molecular complexity index is 687. The second kappa shape index (κ2) is 10.9. The normalized spacial score (nSPS) is 10.2. The van der Waals surface area contributed by atoms with Crippen LogP contribution in [0.1, 0.15) is 15.9 Å². The van der Waals surface area contributed by atoms with Crippen LogP contribution in [0, 0.1) is 0 Å². The summed E-state index contributed by atoms with van der Waals surface area (Å²) >= 11 is 0. The fourth-order valence-corrected chi connectivity index (χ4v) is 2.34. The highest BCUT2D eigenvalue weighted by Gasteiger charge is 2.05. The van der Waals surface area contributed by atoms with Crippen LogP contribution in [0.25, 0.3) is 0 Å². The van der Waals surface area contributed by atoms with E-state index in [1.807, 2.05) is 30.3 Å². The Labute approximate surface area is 153 Å². The maximum Gasteiger partial charge on any atom is 0.251 e. The zero-order valence-electron chi connectivity index (χ0n) is 15.0. The molecule has 0 fully saturated rings. The van der Waals surface area contributed by atoms with E-state index in [1.165, 1.54) is 5.56 Å². The standard InChI is InChI=1S/C20H25N3O3/c1-26-14-13-22-20(25)17-7-9-18(10-8-17)23-15-19(24)21-12-11-16-5-3-2-4-6-16/h2-10,23H,11-15H2,1H3,(H,21,24)(H,22,25). The van der Waals surface area contributed by atoms with Gasteiger partial charge in [-0.3, -0.25) is 9.59 Å². The first-order valence-electron chi connectivity index (χ1n) is 8.60. The summed E-state index contributed by atoms with van der Waals surface area (Å²) in [5.74, 6) is -0.213. The third-order valence-electron chi connectivity index (χ3n) is 3.77. The van der Waals surface area contributed by atoms with E-state index in [0.29, 0.717) is 25.3 Å². The van der Waals surface area contributed by atoms with Gasteiger partial charge in [0.2, 0.25) is 5.91 Å². The Morgan fingerprint density at radius 3 is 2.35 bits per heavy atom. The van der Waals surface area contributed by atoms with Crippen molar-refractivity contribution in [2.45, 2.75) is 6.42 Å². The molecule has 3 N–H and O–H groups in total. The van der Waals surface area contributed by atoms with E-state index in [4.69, 9.17) is 4.74 Å². The predicted octanol–water partition coefficient (Wildman–Crippen LogP) is 1.83. The van der Waals surface area contributed by atoms with Crippen LogP contribution in [0.5, 0.6) is 0 Å². The first-order chi connectivity index (χ1) is 12.7. The molecular formula is C20H25N3O3. The smallest absolute Gasteiger partial charge is 0.251 e. The molecule has 0 radical (unpaired) electrons. The topological polar surface area (TPSA) is 79.5 Å². The molecule has 2 aromatic rings. The van der Waals surface area contributed by atoms with Crippen molar-refractivity contribution in [1.82, 2.24) is 10.6 Å². The molecule has 0 heterocycles. The lowest BCUT2D eigenvalue weighted by Gasteiger charge is -2.09. The van der Waals surface area contributed by atoms with Crippen LogP contribution in [-0.2, 0) is 16.0 Å². The number of amides is 2. The van der Waals surface area contributed by atoms with E-state index in [1.54, 1.807) is 31.4 Å². The number of nitrogens with one attached hydrogen (secondary N) is 3. The molecule has 0 unspecified atom stereocenters. The zero-order chi connectivity index (χ0) is 18.6. The Morgan fingerprint density at radius 1 is 0.923 bits per heavy atom. The van der Waals surface area contributed by atoms with Gasteiger partial charge in [-0.25, -0.2) is 0 Å². The van der Waals surface area contributed by atoms with Crippen LogP contribution >= 0.6 is 0 Å². The first kappa shape index (κ1) is 19.5. The SMILES string of the molecule is COCCNC(=O)c1ccc(NCC(=O)NCCc2ccccc2)cc1. The van der Waals surface area contributed by atoms with Gasteiger partial charge in [0.1, 0.15) is 0 Å². The molecule has 26 heavy (non-hydrogen) atoms.